The Morgan fingerprint density at radius 2 is 2.17 bits per heavy atom. The highest BCUT2D eigenvalue weighted by molar-refractivity contribution is 5.87. The number of nitrogens with zero attached hydrogens (tertiary/aromatic N) is 6. The van der Waals surface area contributed by atoms with Gasteiger partial charge in [0.25, 0.3) is 0 Å². The second-order valence-electron chi connectivity index (χ2n) is 7.06. The number of carbonyl (C=O) groups is 1. The summed E-state index contributed by atoms with van der Waals surface area (Å²) in [5.41, 5.74) is -0.347. The van der Waals surface area contributed by atoms with Gasteiger partial charge in [0.15, 0.2) is 5.82 Å². The Kier molecular flexibility index (Phi) is 6.76. The van der Waals surface area contributed by atoms with Crippen LogP contribution in [0.1, 0.15) is 55.2 Å². The summed E-state index contributed by atoms with van der Waals surface area (Å²) < 4.78 is 13.7. The van der Waals surface area contributed by atoms with Crippen molar-refractivity contribution in [1.82, 2.24) is 35.3 Å². The molecule has 0 amide bonds. The third-order valence-corrected chi connectivity index (χ3v) is 4.81. The molecule has 29 heavy (non-hydrogen) atoms. The smallest absolute Gasteiger partial charge is 0.356 e. The van der Waals surface area contributed by atoms with E-state index >= 15 is 0 Å². The summed E-state index contributed by atoms with van der Waals surface area (Å²) in [6.45, 7) is 5.67. The van der Waals surface area contributed by atoms with E-state index in [-0.39, 0.29) is 0 Å². The first-order valence-corrected chi connectivity index (χ1v) is 9.71. The minimum absolute atomic E-state index is 0.333. The number of methoxy groups -OCH3 is 1. The predicted octanol–water partition coefficient (Wildman–Crippen LogP) is 2.14. The van der Waals surface area contributed by atoms with Crippen molar-refractivity contribution in [1.29, 1.82) is 0 Å². The fourth-order valence-corrected chi connectivity index (χ4v) is 3.20. The molecule has 0 aliphatic heterocycles. The van der Waals surface area contributed by atoms with Crippen LogP contribution in [-0.4, -0.2) is 43.1 Å². The molecule has 1 N–H and O–H groups in total. The van der Waals surface area contributed by atoms with Crippen LogP contribution in [0, 0.1) is 0 Å². The summed E-state index contributed by atoms with van der Waals surface area (Å²) >= 11 is 0. The molecule has 0 aromatic carbocycles. The van der Waals surface area contributed by atoms with Crippen molar-refractivity contribution in [3.63, 3.8) is 0 Å². The Hall–Kier alpha value is -3.01. The first kappa shape index (κ1) is 20.7. The molecule has 10 heteroatoms. The number of ether oxygens (including phenoxy) is 1. The minimum Gasteiger partial charge on any atom is -0.468 e. The molecule has 0 fully saturated rings. The predicted molar refractivity (Wildman–Crippen MR) is 104 cm³/mol. The molecule has 3 rings (SSSR count). The van der Waals surface area contributed by atoms with Crippen LogP contribution in [0.15, 0.2) is 35.1 Å². The summed E-state index contributed by atoms with van der Waals surface area (Å²) in [5, 5.41) is 20.1. The van der Waals surface area contributed by atoms with Gasteiger partial charge in [0.2, 0.25) is 0 Å². The van der Waals surface area contributed by atoms with Crippen molar-refractivity contribution in [2.24, 2.45) is 0 Å². The third-order valence-electron chi connectivity index (χ3n) is 4.81. The number of hydrogen-bond donors (Lipinski definition) is 1. The highest BCUT2D eigenvalue weighted by atomic mass is 16.5. The Morgan fingerprint density at radius 1 is 1.31 bits per heavy atom. The average Bonchev–Trinajstić information content (AvgIpc) is 3.48. The molecular formula is C19H27N7O3. The normalized spacial score (nSPS) is 13.3. The van der Waals surface area contributed by atoms with Crippen LogP contribution < -0.4 is 5.32 Å². The summed E-state index contributed by atoms with van der Waals surface area (Å²) in [6, 6.07) is 5.36. The van der Waals surface area contributed by atoms with Crippen LogP contribution in [0.4, 0.5) is 0 Å². The van der Waals surface area contributed by atoms with Gasteiger partial charge in [-0.1, -0.05) is 19.8 Å². The van der Waals surface area contributed by atoms with Crippen molar-refractivity contribution < 1.29 is 13.9 Å². The molecule has 3 aromatic rings. The molecule has 3 heterocycles. The van der Waals surface area contributed by atoms with Crippen molar-refractivity contribution in [3.8, 4) is 0 Å². The number of hydrogen-bond acceptors (Lipinski definition) is 8. The number of rotatable bonds is 11. The lowest BCUT2D eigenvalue weighted by Gasteiger charge is -2.30. The van der Waals surface area contributed by atoms with E-state index in [4.69, 9.17) is 9.15 Å². The van der Waals surface area contributed by atoms with Gasteiger partial charge in [-0.2, -0.15) is 5.10 Å². The van der Waals surface area contributed by atoms with Crippen molar-refractivity contribution in [2.75, 3.05) is 7.11 Å². The molecule has 0 saturated heterocycles. The van der Waals surface area contributed by atoms with Gasteiger partial charge in [-0.05, 0) is 42.0 Å². The molecule has 0 aliphatic carbocycles. The van der Waals surface area contributed by atoms with E-state index in [9.17, 15) is 4.79 Å². The number of aromatic nitrogens is 6. The Labute approximate surface area is 169 Å². The number of unbranched alkanes of at least 4 members (excludes halogenated alkanes) is 2. The van der Waals surface area contributed by atoms with Crippen molar-refractivity contribution in [2.45, 2.75) is 58.3 Å². The number of furan rings is 1. The number of carbonyl (C=O) groups excluding carboxylic acids is 1. The molecule has 0 bridgehead atoms. The van der Waals surface area contributed by atoms with Gasteiger partial charge in [-0.15, -0.1) is 5.10 Å². The van der Waals surface area contributed by atoms with Crippen LogP contribution in [0.2, 0.25) is 0 Å². The SMILES string of the molecule is CCCCCn1nnnc1C(C)(Cn1nccc1C(=O)OC)NCc1ccco1. The number of tetrazole rings is 1. The summed E-state index contributed by atoms with van der Waals surface area (Å²) in [5.74, 6) is 1.01. The standard InChI is InChI=1S/C19H27N7O3/c1-4-5-6-11-25-18(22-23-24-25)19(2,20-13-15-8-7-12-29-15)14-26-16(9-10-21-26)17(27)28-3/h7-10,12,20H,4-6,11,13-14H2,1-3H3. The van der Waals surface area contributed by atoms with Crippen molar-refractivity contribution in [3.05, 3.63) is 47.9 Å². The average molecular weight is 401 g/mol. The van der Waals surface area contributed by atoms with Crippen molar-refractivity contribution >= 4 is 5.97 Å². The van der Waals surface area contributed by atoms with Crippen LogP contribution in [-0.2, 0) is 29.9 Å². The van der Waals surface area contributed by atoms with E-state index in [1.54, 1.807) is 23.2 Å². The topological polar surface area (TPSA) is 113 Å². The quantitative estimate of drug-likeness (QED) is 0.384. The van der Waals surface area contributed by atoms with Crippen LogP contribution in [0.3, 0.4) is 0 Å². The summed E-state index contributed by atoms with van der Waals surface area (Å²) in [4.78, 5) is 12.1. The van der Waals surface area contributed by atoms with E-state index in [2.05, 4.69) is 32.9 Å². The number of esters is 1. The van der Waals surface area contributed by atoms with Crippen LogP contribution in [0.5, 0.6) is 0 Å². The molecule has 10 nitrogen and oxygen atoms in total. The van der Waals surface area contributed by atoms with E-state index in [0.29, 0.717) is 24.6 Å². The lowest BCUT2D eigenvalue weighted by molar-refractivity contribution is 0.0583. The highest BCUT2D eigenvalue weighted by Crippen LogP contribution is 2.23. The van der Waals surface area contributed by atoms with E-state index in [0.717, 1.165) is 31.6 Å². The Morgan fingerprint density at radius 3 is 2.90 bits per heavy atom. The first-order chi connectivity index (χ1) is 14.1. The van der Waals surface area contributed by atoms with Gasteiger partial charge in [0, 0.05) is 12.7 Å². The van der Waals surface area contributed by atoms with E-state index in [1.807, 2.05) is 23.7 Å². The van der Waals surface area contributed by atoms with Crippen LogP contribution in [0.25, 0.3) is 0 Å². The number of nitrogens with one attached hydrogen (secondary N) is 1. The van der Waals surface area contributed by atoms with Gasteiger partial charge >= 0.3 is 5.97 Å². The second kappa shape index (κ2) is 9.46. The molecule has 0 radical (unpaired) electrons. The molecule has 156 valence electrons. The van der Waals surface area contributed by atoms with Crippen LogP contribution >= 0.6 is 0 Å². The second-order valence-corrected chi connectivity index (χ2v) is 7.06. The third kappa shape index (κ3) is 4.89. The maximum atomic E-state index is 12.1. The van der Waals surface area contributed by atoms with Gasteiger partial charge in [0.1, 0.15) is 11.5 Å². The first-order valence-electron chi connectivity index (χ1n) is 9.71. The fourth-order valence-electron chi connectivity index (χ4n) is 3.20. The minimum atomic E-state index is -0.711. The summed E-state index contributed by atoms with van der Waals surface area (Å²) in [7, 11) is 1.35. The van der Waals surface area contributed by atoms with Gasteiger partial charge < -0.3 is 9.15 Å². The lowest BCUT2D eigenvalue weighted by atomic mass is 10.0. The van der Waals surface area contributed by atoms with E-state index in [1.165, 1.54) is 7.11 Å². The largest absolute Gasteiger partial charge is 0.468 e. The fraction of sp³-hybridized carbons (Fsp3) is 0.526. The Bertz CT molecular complexity index is 903. The van der Waals surface area contributed by atoms with E-state index < -0.39 is 11.5 Å². The number of aryl methyl sites for hydroxylation is 1. The zero-order valence-electron chi connectivity index (χ0n) is 17.0. The molecule has 1 atom stereocenters. The zero-order chi connectivity index (χ0) is 20.7. The monoisotopic (exact) mass is 401 g/mol. The highest BCUT2D eigenvalue weighted by Gasteiger charge is 2.35. The molecular weight excluding hydrogens is 374 g/mol. The summed E-state index contributed by atoms with van der Waals surface area (Å²) in [6.07, 6.45) is 6.40. The molecule has 3 aromatic heterocycles. The van der Waals surface area contributed by atoms with Gasteiger partial charge in [-0.25, -0.2) is 9.48 Å². The molecule has 0 spiro atoms. The zero-order valence-corrected chi connectivity index (χ0v) is 17.0. The lowest BCUT2D eigenvalue weighted by Crippen LogP contribution is -2.46. The maximum absolute atomic E-state index is 12.1. The molecule has 0 saturated carbocycles. The van der Waals surface area contributed by atoms with Gasteiger partial charge in [-0.3, -0.25) is 10.00 Å². The maximum Gasteiger partial charge on any atom is 0.356 e. The van der Waals surface area contributed by atoms with Gasteiger partial charge in [0.05, 0.1) is 32.0 Å². The molecule has 1 unspecified atom stereocenters. The molecule has 0 aliphatic rings. The Balaban J connectivity index is 1.89.